The molecule has 1 heterocycles. The number of hydrogen-bond donors (Lipinski definition) is 3. The predicted molar refractivity (Wildman–Crippen MR) is 181 cm³/mol. The lowest BCUT2D eigenvalue weighted by molar-refractivity contribution is -0.120. The van der Waals surface area contributed by atoms with Gasteiger partial charge in [-0.25, -0.2) is 0 Å². The van der Waals surface area contributed by atoms with Crippen LogP contribution in [0.5, 0.6) is 0 Å². The van der Waals surface area contributed by atoms with E-state index in [9.17, 15) is 14.4 Å². The molecule has 3 atom stereocenters. The van der Waals surface area contributed by atoms with E-state index in [1.165, 1.54) is 35.3 Å². The topological polar surface area (TPSA) is 126 Å². The molecule has 12 heteroatoms. The van der Waals surface area contributed by atoms with Crippen LogP contribution in [0.1, 0.15) is 55.6 Å². The number of nitrogens with zero attached hydrogens (tertiary/aromatic N) is 3. The van der Waals surface area contributed by atoms with E-state index in [2.05, 4.69) is 30.9 Å². The summed E-state index contributed by atoms with van der Waals surface area (Å²) in [5, 5.41) is 10.00. The van der Waals surface area contributed by atoms with Crippen molar-refractivity contribution in [1.29, 1.82) is 0 Å². The highest BCUT2D eigenvalue weighted by molar-refractivity contribution is 8.01. The Bertz CT molecular complexity index is 1350. The molecule has 45 heavy (non-hydrogen) atoms. The highest BCUT2D eigenvalue weighted by Gasteiger charge is 2.17. The first-order valence-electron chi connectivity index (χ1n) is 14.4. The van der Waals surface area contributed by atoms with Crippen molar-refractivity contribution in [1.82, 2.24) is 30.9 Å². The second kappa shape index (κ2) is 17.6. The first kappa shape index (κ1) is 34.0. The fourth-order valence-electron chi connectivity index (χ4n) is 4.23. The van der Waals surface area contributed by atoms with Crippen molar-refractivity contribution < 1.29 is 14.4 Å². The van der Waals surface area contributed by atoms with Gasteiger partial charge in [-0.15, -0.1) is 0 Å². The average Bonchev–Trinajstić information content (AvgIpc) is 3.06. The number of amides is 3. The van der Waals surface area contributed by atoms with Gasteiger partial charge in [-0.1, -0.05) is 126 Å². The number of carbonyl (C=O) groups is 3. The third-order valence-electron chi connectivity index (χ3n) is 6.60. The SMILES string of the molecule is C[C@H](NC(=O)CSc1nc(SCC(=O)N[C@@H](C)c2ccccc2)nc(SCC(=O)N[C@H](C)c2ccccc2)n1)c1ccccc1. The fourth-order valence-corrected chi connectivity index (χ4v) is 6.34. The van der Waals surface area contributed by atoms with E-state index in [4.69, 9.17) is 0 Å². The van der Waals surface area contributed by atoms with E-state index in [-0.39, 0.29) is 53.1 Å². The van der Waals surface area contributed by atoms with Crippen LogP contribution in [0, 0.1) is 0 Å². The Morgan fingerprint density at radius 3 is 0.978 bits per heavy atom. The summed E-state index contributed by atoms with van der Waals surface area (Å²) in [6.45, 7) is 5.78. The number of thioether (sulfide) groups is 3. The molecule has 3 N–H and O–H groups in total. The Morgan fingerprint density at radius 1 is 0.489 bits per heavy atom. The normalized spacial score (nSPS) is 12.9. The van der Waals surface area contributed by atoms with Crippen molar-refractivity contribution in [2.75, 3.05) is 17.3 Å². The van der Waals surface area contributed by atoms with Gasteiger partial charge in [-0.3, -0.25) is 14.4 Å². The van der Waals surface area contributed by atoms with Gasteiger partial charge in [0.05, 0.1) is 35.4 Å². The molecule has 3 aromatic carbocycles. The number of nitrogens with one attached hydrogen (secondary N) is 3. The summed E-state index contributed by atoms with van der Waals surface area (Å²) in [6.07, 6.45) is 0. The van der Waals surface area contributed by atoms with Crippen LogP contribution in [0.25, 0.3) is 0 Å². The van der Waals surface area contributed by atoms with Crippen molar-refractivity contribution in [2.45, 2.75) is 54.4 Å². The summed E-state index contributed by atoms with van der Waals surface area (Å²) < 4.78 is 0. The first-order chi connectivity index (χ1) is 21.8. The number of hydrogen-bond acceptors (Lipinski definition) is 9. The number of carbonyl (C=O) groups excluding carboxylic acids is 3. The standard InChI is InChI=1S/C33H36N6O3S3/c1-22(25-13-7-4-8-14-25)34-28(40)19-43-31-37-32(44-20-29(41)35-23(2)26-15-9-5-10-16-26)39-33(38-31)45-21-30(42)36-24(3)27-17-11-6-12-18-27/h4-18,22-24H,19-21H2,1-3H3,(H,34,40)(H,35,41)(H,36,42)/t22-,23-,24+/m0/s1. The molecule has 0 aliphatic carbocycles. The predicted octanol–water partition coefficient (Wildman–Crippen LogP) is 5.78. The molecule has 0 unspecified atom stereocenters. The van der Waals surface area contributed by atoms with Crippen LogP contribution in [0.15, 0.2) is 106 Å². The van der Waals surface area contributed by atoms with Gasteiger partial charge in [0, 0.05) is 0 Å². The second-order valence-corrected chi connectivity index (χ2v) is 13.0. The largest absolute Gasteiger partial charge is 0.349 e. The summed E-state index contributed by atoms with van der Waals surface area (Å²) in [5.41, 5.74) is 3.02. The molecule has 1 aromatic heterocycles. The first-order valence-corrected chi connectivity index (χ1v) is 17.4. The highest BCUT2D eigenvalue weighted by atomic mass is 32.2. The van der Waals surface area contributed by atoms with Crippen LogP contribution in [0.2, 0.25) is 0 Å². The minimum atomic E-state index is -0.163. The minimum Gasteiger partial charge on any atom is -0.349 e. The Hall–Kier alpha value is -3.87. The van der Waals surface area contributed by atoms with Crippen LogP contribution in [-0.2, 0) is 14.4 Å². The molecule has 3 amide bonds. The molecule has 0 saturated carbocycles. The Labute approximate surface area is 276 Å². The zero-order valence-corrected chi connectivity index (χ0v) is 27.8. The zero-order valence-electron chi connectivity index (χ0n) is 25.3. The molecular formula is C33H36N6O3S3. The monoisotopic (exact) mass is 660 g/mol. The maximum atomic E-state index is 12.7. The fraction of sp³-hybridized carbons (Fsp3) is 0.273. The van der Waals surface area contributed by atoms with Crippen LogP contribution in [-0.4, -0.2) is 49.9 Å². The van der Waals surface area contributed by atoms with E-state index < -0.39 is 0 Å². The van der Waals surface area contributed by atoms with Gasteiger partial charge in [0.2, 0.25) is 17.7 Å². The van der Waals surface area contributed by atoms with E-state index >= 15 is 0 Å². The second-order valence-electron chi connectivity index (χ2n) is 10.1. The molecule has 0 bridgehead atoms. The van der Waals surface area contributed by atoms with Crippen molar-refractivity contribution in [2.24, 2.45) is 0 Å². The molecule has 4 aromatic rings. The maximum absolute atomic E-state index is 12.7. The molecule has 0 radical (unpaired) electrons. The summed E-state index contributed by atoms with van der Waals surface area (Å²) in [7, 11) is 0. The lowest BCUT2D eigenvalue weighted by atomic mass is 10.1. The lowest BCUT2D eigenvalue weighted by Crippen LogP contribution is -2.28. The summed E-state index contributed by atoms with van der Waals surface area (Å²) in [4.78, 5) is 51.7. The van der Waals surface area contributed by atoms with Gasteiger partial charge in [0.1, 0.15) is 0 Å². The average molecular weight is 661 g/mol. The maximum Gasteiger partial charge on any atom is 0.230 e. The summed E-state index contributed by atoms with van der Waals surface area (Å²) in [6, 6.07) is 28.7. The molecule has 0 spiro atoms. The van der Waals surface area contributed by atoms with Crippen molar-refractivity contribution in [3.8, 4) is 0 Å². The number of benzene rings is 3. The van der Waals surface area contributed by atoms with Crippen LogP contribution in [0.4, 0.5) is 0 Å². The molecule has 4 rings (SSSR count). The van der Waals surface area contributed by atoms with Crippen LogP contribution >= 0.6 is 35.3 Å². The molecule has 0 fully saturated rings. The highest BCUT2D eigenvalue weighted by Crippen LogP contribution is 2.24. The molecule has 0 aliphatic rings. The lowest BCUT2D eigenvalue weighted by Gasteiger charge is -2.15. The van der Waals surface area contributed by atoms with Gasteiger partial charge < -0.3 is 16.0 Å². The molecule has 234 valence electrons. The van der Waals surface area contributed by atoms with E-state index in [0.717, 1.165) is 16.7 Å². The minimum absolute atomic E-state index is 0.0968. The third-order valence-corrected chi connectivity index (χ3v) is 9.14. The van der Waals surface area contributed by atoms with E-state index in [1.807, 2.05) is 112 Å². The van der Waals surface area contributed by atoms with Gasteiger partial charge in [-0.2, -0.15) is 15.0 Å². The summed E-state index contributed by atoms with van der Waals surface area (Å²) >= 11 is 3.53. The molecular weight excluding hydrogens is 625 g/mol. The zero-order chi connectivity index (χ0) is 32.0. The Kier molecular flexibility index (Phi) is 13.3. The van der Waals surface area contributed by atoms with Gasteiger partial charge >= 0.3 is 0 Å². The van der Waals surface area contributed by atoms with Crippen molar-refractivity contribution >= 4 is 53.0 Å². The number of rotatable bonds is 15. The van der Waals surface area contributed by atoms with Crippen molar-refractivity contribution in [3.63, 3.8) is 0 Å². The third kappa shape index (κ3) is 11.5. The quantitative estimate of drug-likeness (QED) is 0.136. The van der Waals surface area contributed by atoms with Crippen LogP contribution in [0.3, 0.4) is 0 Å². The number of aromatic nitrogens is 3. The summed E-state index contributed by atoms with van der Waals surface area (Å²) in [5.74, 6) is -0.199. The van der Waals surface area contributed by atoms with Crippen LogP contribution < -0.4 is 16.0 Å². The van der Waals surface area contributed by atoms with Gasteiger partial charge in [0.15, 0.2) is 15.5 Å². The Morgan fingerprint density at radius 2 is 0.733 bits per heavy atom. The molecule has 0 aliphatic heterocycles. The van der Waals surface area contributed by atoms with E-state index in [1.54, 1.807) is 0 Å². The van der Waals surface area contributed by atoms with E-state index in [0.29, 0.717) is 15.5 Å². The van der Waals surface area contributed by atoms with Gasteiger partial charge in [-0.05, 0) is 37.5 Å². The Balaban J connectivity index is 1.38. The molecule has 0 saturated heterocycles. The van der Waals surface area contributed by atoms with Crippen molar-refractivity contribution in [3.05, 3.63) is 108 Å². The molecule has 9 nitrogen and oxygen atoms in total. The van der Waals surface area contributed by atoms with Gasteiger partial charge in [0.25, 0.3) is 0 Å². The smallest absolute Gasteiger partial charge is 0.230 e.